The van der Waals surface area contributed by atoms with Crippen molar-refractivity contribution >= 4 is 0 Å². The van der Waals surface area contributed by atoms with Crippen molar-refractivity contribution in [3.63, 3.8) is 0 Å². The number of ether oxygens (including phenoxy) is 3. The molecule has 5 heteroatoms. The zero-order valence-corrected chi connectivity index (χ0v) is 13.1. The van der Waals surface area contributed by atoms with Crippen LogP contribution in [-0.4, -0.2) is 58.5 Å². The zero-order chi connectivity index (χ0) is 14.9. The van der Waals surface area contributed by atoms with Crippen molar-refractivity contribution in [1.29, 1.82) is 0 Å². The molecule has 1 heterocycles. The van der Waals surface area contributed by atoms with Gasteiger partial charge in [-0.25, -0.2) is 0 Å². The Morgan fingerprint density at radius 1 is 1.19 bits per heavy atom. The SMILES string of the molecule is CN(C)CCOCCNCc1cccc2c1OCCCO2. The van der Waals surface area contributed by atoms with Gasteiger partial charge in [0.25, 0.3) is 0 Å². The molecule has 0 aromatic heterocycles. The van der Waals surface area contributed by atoms with Gasteiger partial charge in [0, 0.05) is 31.6 Å². The predicted octanol–water partition coefficient (Wildman–Crippen LogP) is 1.52. The van der Waals surface area contributed by atoms with Gasteiger partial charge in [-0.05, 0) is 20.2 Å². The third-order valence-corrected chi connectivity index (χ3v) is 3.27. The number of likely N-dealkylation sites (N-methyl/N-ethyl adjacent to an activating group) is 1. The summed E-state index contributed by atoms with van der Waals surface area (Å²) >= 11 is 0. The number of fused-ring (bicyclic) bond motifs is 1. The molecule has 118 valence electrons. The molecule has 1 N–H and O–H groups in total. The van der Waals surface area contributed by atoms with E-state index >= 15 is 0 Å². The van der Waals surface area contributed by atoms with Crippen molar-refractivity contribution in [2.24, 2.45) is 0 Å². The lowest BCUT2D eigenvalue weighted by atomic mass is 10.2. The number of nitrogens with one attached hydrogen (secondary N) is 1. The number of rotatable bonds is 8. The molecule has 1 aliphatic rings. The Labute approximate surface area is 127 Å². The zero-order valence-electron chi connectivity index (χ0n) is 13.1. The molecule has 0 saturated carbocycles. The number of para-hydroxylation sites is 1. The van der Waals surface area contributed by atoms with Gasteiger partial charge in [-0.1, -0.05) is 12.1 Å². The number of hydrogen-bond acceptors (Lipinski definition) is 5. The average Bonchev–Trinajstić information content (AvgIpc) is 2.71. The van der Waals surface area contributed by atoms with Crippen LogP contribution in [-0.2, 0) is 11.3 Å². The topological polar surface area (TPSA) is 43.0 Å². The summed E-state index contributed by atoms with van der Waals surface area (Å²) in [6, 6.07) is 6.06. The van der Waals surface area contributed by atoms with Crippen LogP contribution >= 0.6 is 0 Å². The van der Waals surface area contributed by atoms with Crippen LogP contribution in [0.4, 0.5) is 0 Å². The second-order valence-corrected chi connectivity index (χ2v) is 5.39. The lowest BCUT2D eigenvalue weighted by Crippen LogP contribution is -2.23. The largest absolute Gasteiger partial charge is 0.490 e. The fourth-order valence-electron chi connectivity index (χ4n) is 2.11. The first kappa shape index (κ1) is 16.1. The molecule has 5 nitrogen and oxygen atoms in total. The second-order valence-electron chi connectivity index (χ2n) is 5.39. The molecule has 1 aliphatic heterocycles. The van der Waals surface area contributed by atoms with Gasteiger partial charge in [0.1, 0.15) is 0 Å². The predicted molar refractivity (Wildman–Crippen MR) is 83.1 cm³/mol. The maximum absolute atomic E-state index is 5.80. The minimum atomic E-state index is 0.720. The van der Waals surface area contributed by atoms with Crippen LogP contribution in [0.2, 0.25) is 0 Å². The van der Waals surface area contributed by atoms with Crippen molar-refractivity contribution in [2.45, 2.75) is 13.0 Å². The maximum Gasteiger partial charge on any atom is 0.165 e. The molecule has 21 heavy (non-hydrogen) atoms. The van der Waals surface area contributed by atoms with Crippen LogP contribution in [0.1, 0.15) is 12.0 Å². The van der Waals surface area contributed by atoms with Crippen molar-refractivity contribution in [1.82, 2.24) is 10.2 Å². The molecule has 0 aliphatic carbocycles. The molecule has 0 radical (unpaired) electrons. The van der Waals surface area contributed by atoms with Gasteiger partial charge in [-0.2, -0.15) is 0 Å². The van der Waals surface area contributed by atoms with Crippen molar-refractivity contribution in [3.05, 3.63) is 23.8 Å². The molecule has 0 atom stereocenters. The van der Waals surface area contributed by atoms with Crippen molar-refractivity contribution < 1.29 is 14.2 Å². The van der Waals surface area contributed by atoms with Gasteiger partial charge in [-0.15, -0.1) is 0 Å². The van der Waals surface area contributed by atoms with Crippen molar-refractivity contribution in [3.8, 4) is 11.5 Å². The third-order valence-electron chi connectivity index (χ3n) is 3.27. The summed E-state index contributed by atoms with van der Waals surface area (Å²) < 4.78 is 17.0. The van der Waals surface area contributed by atoms with Gasteiger partial charge >= 0.3 is 0 Å². The van der Waals surface area contributed by atoms with Crippen LogP contribution in [0.15, 0.2) is 18.2 Å². The van der Waals surface area contributed by atoms with E-state index in [0.717, 1.165) is 69.5 Å². The highest BCUT2D eigenvalue weighted by Crippen LogP contribution is 2.32. The Bertz CT molecular complexity index is 424. The second kappa shape index (κ2) is 8.87. The van der Waals surface area contributed by atoms with Gasteiger partial charge in [0.2, 0.25) is 0 Å². The fourth-order valence-corrected chi connectivity index (χ4v) is 2.11. The minimum Gasteiger partial charge on any atom is -0.490 e. The molecule has 0 saturated heterocycles. The van der Waals surface area contributed by atoms with Gasteiger partial charge < -0.3 is 24.4 Å². The summed E-state index contributed by atoms with van der Waals surface area (Å²) in [7, 11) is 4.09. The van der Waals surface area contributed by atoms with E-state index in [1.54, 1.807) is 0 Å². The standard InChI is InChI=1S/C16H26N2O3/c1-18(2)8-12-19-11-7-17-13-14-5-3-6-15-16(14)21-10-4-9-20-15/h3,5-6,17H,4,7-13H2,1-2H3. The van der Waals surface area contributed by atoms with E-state index in [-0.39, 0.29) is 0 Å². The van der Waals surface area contributed by atoms with E-state index in [1.165, 1.54) is 0 Å². The molecule has 0 bridgehead atoms. The van der Waals surface area contributed by atoms with E-state index < -0.39 is 0 Å². The van der Waals surface area contributed by atoms with E-state index in [9.17, 15) is 0 Å². The Morgan fingerprint density at radius 3 is 2.90 bits per heavy atom. The first-order valence-corrected chi connectivity index (χ1v) is 7.58. The van der Waals surface area contributed by atoms with Crippen molar-refractivity contribution in [2.75, 3.05) is 53.6 Å². The molecular formula is C16H26N2O3. The highest BCUT2D eigenvalue weighted by Gasteiger charge is 2.13. The monoisotopic (exact) mass is 294 g/mol. The first-order valence-electron chi connectivity index (χ1n) is 7.58. The van der Waals surface area contributed by atoms with Gasteiger partial charge in [0.15, 0.2) is 11.5 Å². The molecule has 1 aromatic rings. The molecule has 1 aromatic carbocycles. The van der Waals surface area contributed by atoms with E-state index in [1.807, 2.05) is 26.2 Å². The summed E-state index contributed by atoms with van der Waals surface area (Å²) in [5, 5.41) is 3.39. The molecule has 0 amide bonds. The molecule has 0 spiro atoms. The molecule has 2 rings (SSSR count). The van der Waals surface area contributed by atoms with Crippen LogP contribution in [0, 0.1) is 0 Å². The van der Waals surface area contributed by atoms with Gasteiger partial charge in [-0.3, -0.25) is 0 Å². The molecular weight excluding hydrogens is 268 g/mol. The quantitative estimate of drug-likeness (QED) is 0.736. The smallest absolute Gasteiger partial charge is 0.165 e. The molecule has 0 fully saturated rings. The van der Waals surface area contributed by atoms with Crippen LogP contribution in [0.3, 0.4) is 0 Å². The van der Waals surface area contributed by atoms with E-state index in [2.05, 4.69) is 16.3 Å². The maximum atomic E-state index is 5.80. The Hall–Kier alpha value is -1.30. The summed E-state index contributed by atoms with van der Waals surface area (Å²) in [6.45, 7) is 5.49. The Morgan fingerprint density at radius 2 is 2.05 bits per heavy atom. The lowest BCUT2D eigenvalue weighted by molar-refractivity contribution is 0.119. The van der Waals surface area contributed by atoms with Crippen LogP contribution in [0.25, 0.3) is 0 Å². The third kappa shape index (κ3) is 5.53. The normalized spacial score (nSPS) is 14.2. The summed E-state index contributed by atoms with van der Waals surface area (Å²) in [5.41, 5.74) is 1.14. The lowest BCUT2D eigenvalue weighted by Gasteiger charge is -2.13. The number of hydrogen-bond donors (Lipinski definition) is 1. The average molecular weight is 294 g/mol. The Kier molecular flexibility index (Phi) is 6.79. The minimum absolute atomic E-state index is 0.720. The summed E-state index contributed by atoms with van der Waals surface area (Å²) in [6.07, 6.45) is 0.932. The number of nitrogens with zero attached hydrogens (tertiary/aromatic N) is 1. The first-order chi connectivity index (χ1) is 10.3. The Balaban J connectivity index is 1.71. The highest BCUT2D eigenvalue weighted by atomic mass is 16.5. The van der Waals surface area contributed by atoms with Crippen LogP contribution in [0.5, 0.6) is 11.5 Å². The van der Waals surface area contributed by atoms with E-state index in [0.29, 0.717) is 0 Å². The summed E-state index contributed by atoms with van der Waals surface area (Å²) in [5.74, 6) is 1.74. The van der Waals surface area contributed by atoms with Gasteiger partial charge in [0.05, 0.1) is 26.4 Å². The number of benzene rings is 1. The molecule has 0 unspecified atom stereocenters. The van der Waals surface area contributed by atoms with E-state index in [4.69, 9.17) is 14.2 Å². The fraction of sp³-hybridized carbons (Fsp3) is 0.625. The van der Waals surface area contributed by atoms with Crippen LogP contribution < -0.4 is 14.8 Å². The summed E-state index contributed by atoms with van der Waals surface area (Å²) in [4.78, 5) is 2.12. The highest BCUT2D eigenvalue weighted by molar-refractivity contribution is 5.46.